The molecule has 0 saturated heterocycles. The van der Waals surface area contributed by atoms with Gasteiger partial charge in [-0.1, -0.05) is 55.8 Å². The van der Waals surface area contributed by atoms with Crippen LogP contribution in [0.15, 0.2) is 53.6 Å². The fourth-order valence-electron chi connectivity index (χ4n) is 3.29. The van der Waals surface area contributed by atoms with Crippen LogP contribution in [-0.4, -0.2) is 12.1 Å². The van der Waals surface area contributed by atoms with E-state index in [4.69, 9.17) is 4.74 Å². The van der Waals surface area contributed by atoms with Crippen LogP contribution in [0.3, 0.4) is 0 Å². The maximum atomic E-state index is 12.0. The van der Waals surface area contributed by atoms with Crippen molar-refractivity contribution in [3.63, 3.8) is 0 Å². The lowest BCUT2D eigenvalue weighted by Crippen LogP contribution is -2.20. The van der Waals surface area contributed by atoms with Crippen LogP contribution in [0.2, 0.25) is 0 Å². The summed E-state index contributed by atoms with van der Waals surface area (Å²) in [5, 5.41) is 0. The van der Waals surface area contributed by atoms with Crippen LogP contribution in [-0.2, 0) is 16.0 Å². The van der Waals surface area contributed by atoms with Crippen molar-refractivity contribution in [2.24, 2.45) is 5.41 Å². The third kappa shape index (κ3) is 5.09. The van der Waals surface area contributed by atoms with Gasteiger partial charge < -0.3 is 4.74 Å². The van der Waals surface area contributed by atoms with Crippen LogP contribution < -0.4 is 0 Å². The number of hydrogen-bond acceptors (Lipinski definition) is 2. The van der Waals surface area contributed by atoms with Gasteiger partial charge in [-0.2, -0.15) is 0 Å². The molecule has 0 amide bonds. The van der Waals surface area contributed by atoms with Crippen LogP contribution in [0.4, 0.5) is 0 Å². The van der Waals surface area contributed by atoms with Crippen LogP contribution in [0.25, 0.3) is 0 Å². The zero-order chi connectivity index (χ0) is 16.9. The van der Waals surface area contributed by atoms with E-state index in [0.717, 1.165) is 5.56 Å². The second kappa shape index (κ2) is 7.63. The number of benzene rings is 1. The molecule has 0 N–H and O–H groups in total. The molecule has 2 rings (SSSR count). The van der Waals surface area contributed by atoms with Gasteiger partial charge in [-0.25, -0.2) is 0 Å². The largest absolute Gasteiger partial charge is 0.458 e. The van der Waals surface area contributed by atoms with Crippen LogP contribution in [0.5, 0.6) is 0 Å². The number of carbonyl (C=O) groups excluding carboxylic acids is 1. The van der Waals surface area contributed by atoms with Crippen molar-refractivity contribution in [1.29, 1.82) is 0 Å². The van der Waals surface area contributed by atoms with E-state index in [2.05, 4.69) is 26.8 Å². The highest BCUT2D eigenvalue weighted by molar-refractivity contribution is 5.72. The minimum absolute atomic E-state index is 0.179. The second-order valence-corrected chi connectivity index (χ2v) is 7.15. The fraction of sp³-hybridized carbons (Fsp3) is 0.476. The van der Waals surface area contributed by atoms with E-state index in [1.54, 1.807) is 0 Å². The van der Waals surface area contributed by atoms with E-state index in [9.17, 15) is 4.79 Å². The van der Waals surface area contributed by atoms with Gasteiger partial charge in [-0.15, -0.1) is 0 Å². The Bertz CT molecular complexity index is 594. The van der Waals surface area contributed by atoms with Gasteiger partial charge in [0.15, 0.2) is 0 Å². The van der Waals surface area contributed by atoms with Crippen molar-refractivity contribution >= 4 is 5.97 Å². The summed E-state index contributed by atoms with van der Waals surface area (Å²) in [5.74, 6) is -0.179. The number of carbonyl (C=O) groups is 1. The first-order chi connectivity index (χ1) is 10.9. The minimum Gasteiger partial charge on any atom is -0.458 e. The highest BCUT2D eigenvalue weighted by Crippen LogP contribution is 2.40. The minimum atomic E-state index is -0.204. The van der Waals surface area contributed by atoms with E-state index < -0.39 is 0 Å². The molecule has 0 saturated carbocycles. The summed E-state index contributed by atoms with van der Waals surface area (Å²) in [6, 6.07) is 9.71. The average molecular weight is 312 g/mol. The summed E-state index contributed by atoms with van der Waals surface area (Å²) in [5.41, 5.74) is 4.06. The highest BCUT2D eigenvalue weighted by atomic mass is 16.5. The molecule has 0 fully saturated rings. The summed E-state index contributed by atoms with van der Waals surface area (Å²) in [7, 11) is 0. The molecule has 124 valence electrons. The molecule has 0 bridgehead atoms. The van der Waals surface area contributed by atoms with Crippen molar-refractivity contribution in [1.82, 2.24) is 0 Å². The lowest BCUT2D eigenvalue weighted by molar-refractivity contribution is -0.145. The van der Waals surface area contributed by atoms with Crippen molar-refractivity contribution in [2.45, 2.75) is 59.5 Å². The van der Waals surface area contributed by atoms with Gasteiger partial charge >= 0.3 is 5.97 Å². The topological polar surface area (TPSA) is 26.3 Å². The maximum absolute atomic E-state index is 12.0. The van der Waals surface area contributed by atoms with Gasteiger partial charge in [0.05, 0.1) is 6.42 Å². The van der Waals surface area contributed by atoms with Crippen molar-refractivity contribution in [3.05, 3.63) is 59.2 Å². The number of rotatable bonds is 5. The molecule has 1 aromatic carbocycles. The van der Waals surface area contributed by atoms with Crippen molar-refractivity contribution in [2.75, 3.05) is 0 Å². The zero-order valence-corrected chi connectivity index (χ0v) is 14.8. The fourth-order valence-corrected chi connectivity index (χ4v) is 3.29. The normalized spacial score (nSPS) is 19.0. The van der Waals surface area contributed by atoms with Crippen molar-refractivity contribution in [3.8, 4) is 0 Å². The van der Waals surface area contributed by atoms with Crippen LogP contribution >= 0.6 is 0 Å². The Hall–Kier alpha value is -1.83. The molecule has 0 radical (unpaired) electrons. The molecule has 1 unspecified atom stereocenters. The first-order valence-corrected chi connectivity index (χ1v) is 8.50. The number of esters is 1. The molecule has 0 aliphatic heterocycles. The molecular weight excluding hydrogens is 284 g/mol. The molecule has 1 aromatic rings. The molecule has 1 atom stereocenters. The highest BCUT2D eigenvalue weighted by Gasteiger charge is 2.26. The van der Waals surface area contributed by atoms with Gasteiger partial charge in [0.25, 0.3) is 0 Å². The van der Waals surface area contributed by atoms with Gasteiger partial charge in [0, 0.05) is 0 Å². The number of allylic oxidation sites excluding steroid dienone is 3. The van der Waals surface area contributed by atoms with Crippen LogP contribution in [0, 0.1) is 5.41 Å². The molecule has 1 aliphatic carbocycles. The first-order valence-electron chi connectivity index (χ1n) is 8.50. The second-order valence-electron chi connectivity index (χ2n) is 7.15. The smallest absolute Gasteiger partial charge is 0.310 e. The standard InChI is InChI=1S/C21H28O2/c1-16-9-8-14-21(3,4)19(16)13-12-17(2)23-20(22)15-18-10-6-5-7-11-18/h5-7,10-13,17H,8-9,14-15H2,1-4H3. The third-order valence-corrected chi connectivity index (χ3v) is 4.59. The average Bonchev–Trinajstić information content (AvgIpc) is 2.46. The van der Waals surface area contributed by atoms with Gasteiger partial charge in [-0.3, -0.25) is 4.79 Å². The molecule has 0 aromatic heterocycles. The SMILES string of the molecule is CC1=C(C=CC(C)OC(=O)Cc2ccccc2)C(C)(C)CCC1. The Morgan fingerprint density at radius 1 is 1.30 bits per heavy atom. The van der Waals surface area contributed by atoms with E-state index in [1.807, 2.05) is 43.3 Å². The monoisotopic (exact) mass is 312 g/mol. The summed E-state index contributed by atoms with van der Waals surface area (Å²) in [4.78, 5) is 12.0. The van der Waals surface area contributed by atoms with Crippen molar-refractivity contribution < 1.29 is 9.53 Å². The molecule has 0 spiro atoms. The third-order valence-electron chi connectivity index (χ3n) is 4.59. The molecule has 2 heteroatoms. The maximum Gasteiger partial charge on any atom is 0.310 e. The molecule has 23 heavy (non-hydrogen) atoms. The quantitative estimate of drug-likeness (QED) is 0.695. The van der Waals surface area contributed by atoms with E-state index in [1.165, 1.54) is 30.4 Å². The molecular formula is C21H28O2. The summed E-state index contributed by atoms with van der Waals surface area (Å²) in [6.45, 7) is 8.72. The predicted molar refractivity (Wildman–Crippen MR) is 95.2 cm³/mol. The van der Waals surface area contributed by atoms with Gasteiger partial charge in [0.2, 0.25) is 0 Å². The Balaban J connectivity index is 1.93. The zero-order valence-electron chi connectivity index (χ0n) is 14.8. The summed E-state index contributed by atoms with van der Waals surface area (Å²) < 4.78 is 5.50. The lowest BCUT2D eigenvalue weighted by atomic mass is 9.72. The van der Waals surface area contributed by atoms with Gasteiger partial charge in [0.1, 0.15) is 6.10 Å². The predicted octanol–water partition coefficient (Wildman–Crippen LogP) is 5.24. The summed E-state index contributed by atoms with van der Waals surface area (Å²) >= 11 is 0. The molecule has 0 heterocycles. The number of ether oxygens (including phenoxy) is 1. The van der Waals surface area contributed by atoms with E-state index in [0.29, 0.717) is 6.42 Å². The molecule has 2 nitrogen and oxygen atoms in total. The number of hydrogen-bond donors (Lipinski definition) is 0. The first kappa shape index (κ1) is 17.5. The Morgan fingerprint density at radius 3 is 2.65 bits per heavy atom. The Morgan fingerprint density at radius 2 is 2.00 bits per heavy atom. The van der Waals surface area contributed by atoms with Crippen LogP contribution in [0.1, 0.15) is 52.5 Å². The van der Waals surface area contributed by atoms with E-state index in [-0.39, 0.29) is 17.5 Å². The Kier molecular flexibility index (Phi) is 5.81. The molecule has 1 aliphatic rings. The van der Waals surface area contributed by atoms with Gasteiger partial charge in [-0.05, 0) is 55.7 Å². The van der Waals surface area contributed by atoms with E-state index >= 15 is 0 Å². The Labute approximate surface area is 140 Å². The lowest BCUT2D eigenvalue weighted by Gasteiger charge is -2.33. The summed E-state index contributed by atoms with van der Waals surface area (Å²) in [6.07, 6.45) is 7.94.